The molecule has 0 radical (unpaired) electrons. The van der Waals surface area contributed by atoms with Crippen LogP contribution in [-0.2, 0) is 6.54 Å². The third-order valence-corrected chi connectivity index (χ3v) is 5.40. The zero-order valence-corrected chi connectivity index (χ0v) is 17.7. The largest absolute Gasteiger partial charge is 0.493 e. The smallest absolute Gasteiger partial charge is 0.163 e. The summed E-state index contributed by atoms with van der Waals surface area (Å²) in [6, 6.07) is 12.2. The molecule has 0 saturated carbocycles. The van der Waals surface area contributed by atoms with Crippen molar-refractivity contribution in [2.75, 3.05) is 20.2 Å². The van der Waals surface area contributed by atoms with Crippen molar-refractivity contribution < 1.29 is 19.0 Å². The van der Waals surface area contributed by atoms with E-state index in [4.69, 9.17) is 9.47 Å². The van der Waals surface area contributed by atoms with Gasteiger partial charge in [-0.1, -0.05) is 23.8 Å². The van der Waals surface area contributed by atoms with Crippen molar-refractivity contribution in [2.24, 2.45) is 0 Å². The Morgan fingerprint density at radius 1 is 1.13 bits per heavy atom. The second-order valence-electron chi connectivity index (χ2n) is 7.83. The number of halogens is 1. The number of aromatic nitrogens is 2. The van der Waals surface area contributed by atoms with Gasteiger partial charge in [-0.2, -0.15) is 0 Å². The van der Waals surface area contributed by atoms with Crippen LogP contribution in [0.5, 0.6) is 11.5 Å². The molecular formula is C24H26FN3O3. The van der Waals surface area contributed by atoms with Gasteiger partial charge in [0.1, 0.15) is 11.9 Å². The Balaban J connectivity index is 1.41. The van der Waals surface area contributed by atoms with Crippen molar-refractivity contribution >= 4 is 0 Å². The van der Waals surface area contributed by atoms with E-state index in [-0.39, 0.29) is 0 Å². The number of ether oxygens (including phenoxy) is 2. The number of nitrogens with zero attached hydrogens (tertiary/aromatic N) is 3. The number of aliphatic hydroxyl groups is 1. The van der Waals surface area contributed by atoms with Gasteiger partial charge in [0.2, 0.25) is 0 Å². The van der Waals surface area contributed by atoms with Gasteiger partial charge in [-0.15, -0.1) is 0 Å². The molecule has 1 fully saturated rings. The predicted molar refractivity (Wildman–Crippen MR) is 115 cm³/mol. The predicted octanol–water partition coefficient (Wildman–Crippen LogP) is 3.61. The topological polar surface area (TPSA) is 67.7 Å². The number of likely N-dealkylation sites (tertiary alicyclic amines) is 1. The third-order valence-electron chi connectivity index (χ3n) is 5.40. The molecule has 162 valence electrons. The van der Waals surface area contributed by atoms with Crippen LogP contribution in [0, 0.1) is 12.7 Å². The van der Waals surface area contributed by atoms with E-state index >= 15 is 0 Å². The van der Waals surface area contributed by atoms with E-state index in [1.807, 2.05) is 37.5 Å². The molecule has 1 N–H and O–H groups in total. The van der Waals surface area contributed by atoms with Gasteiger partial charge in [0.15, 0.2) is 17.3 Å². The summed E-state index contributed by atoms with van der Waals surface area (Å²) in [5.41, 5.74) is 3.15. The molecule has 4 rings (SSSR count). The molecule has 0 spiro atoms. The van der Waals surface area contributed by atoms with Crippen molar-refractivity contribution in [3.8, 4) is 22.9 Å². The van der Waals surface area contributed by atoms with Crippen LogP contribution in [0.1, 0.15) is 17.5 Å². The zero-order chi connectivity index (χ0) is 21.8. The molecule has 1 aromatic heterocycles. The molecule has 0 bridgehead atoms. The molecule has 31 heavy (non-hydrogen) atoms. The van der Waals surface area contributed by atoms with Gasteiger partial charge < -0.3 is 14.6 Å². The SMILES string of the molecule is COc1cc(F)ccc1O[C@@H]1CN(Cc2cnc(-c3cccc(C)c3)nc2)CC[C@H]1O. The average molecular weight is 423 g/mol. The number of hydrogen-bond donors (Lipinski definition) is 1. The standard InChI is InChI=1S/C24H26FN3O3/c1-16-4-3-5-18(10-16)24-26-12-17(13-27-24)14-28-9-8-20(29)23(15-28)31-21-7-6-19(25)11-22(21)30-2/h3-7,10-13,20,23,29H,8-9,14-15H2,1-2H3/t20-,23-/m1/s1. The van der Waals surface area contributed by atoms with E-state index in [1.54, 1.807) is 0 Å². The molecule has 2 heterocycles. The number of hydrogen-bond acceptors (Lipinski definition) is 6. The summed E-state index contributed by atoms with van der Waals surface area (Å²) >= 11 is 0. The quantitative estimate of drug-likeness (QED) is 0.653. The van der Waals surface area contributed by atoms with Crippen molar-refractivity contribution in [1.29, 1.82) is 0 Å². The zero-order valence-electron chi connectivity index (χ0n) is 17.7. The van der Waals surface area contributed by atoms with E-state index in [0.29, 0.717) is 36.8 Å². The Kier molecular flexibility index (Phi) is 6.44. The Morgan fingerprint density at radius 3 is 2.68 bits per heavy atom. The fourth-order valence-corrected chi connectivity index (χ4v) is 3.76. The van der Waals surface area contributed by atoms with Crippen LogP contribution in [0.25, 0.3) is 11.4 Å². The fraction of sp³-hybridized carbons (Fsp3) is 0.333. The molecule has 1 aliphatic heterocycles. The molecule has 1 saturated heterocycles. The van der Waals surface area contributed by atoms with Crippen LogP contribution in [-0.4, -0.2) is 52.4 Å². The van der Waals surface area contributed by atoms with Crippen molar-refractivity contribution in [3.05, 3.63) is 71.8 Å². The van der Waals surface area contributed by atoms with E-state index in [1.165, 1.54) is 30.9 Å². The Hall–Kier alpha value is -3.03. The molecule has 6 nitrogen and oxygen atoms in total. The number of aryl methyl sites for hydroxylation is 1. The highest BCUT2D eigenvalue weighted by Crippen LogP contribution is 2.30. The molecule has 2 aromatic carbocycles. The van der Waals surface area contributed by atoms with Gasteiger partial charge in [0.25, 0.3) is 0 Å². The second kappa shape index (κ2) is 9.41. The van der Waals surface area contributed by atoms with E-state index in [2.05, 4.69) is 20.9 Å². The Bertz CT molecular complexity index is 1030. The van der Waals surface area contributed by atoms with Crippen LogP contribution in [0.3, 0.4) is 0 Å². The lowest BCUT2D eigenvalue weighted by atomic mass is 10.0. The minimum absolute atomic E-state index is 0.310. The van der Waals surface area contributed by atoms with Crippen LogP contribution in [0.15, 0.2) is 54.9 Å². The van der Waals surface area contributed by atoms with E-state index in [0.717, 1.165) is 17.7 Å². The van der Waals surface area contributed by atoms with Gasteiger partial charge in [0.05, 0.1) is 13.2 Å². The lowest BCUT2D eigenvalue weighted by Gasteiger charge is -2.36. The number of piperidine rings is 1. The van der Waals surface area contributed by atoms with Crippen LogP contribution in [0.4, 0.5) is 4.39 Å². The normalized spacial score (nSPS) is 19.2. The highest BCUT2D eigenvalue weighted by Gasteiger charge is 2.30. The molecule has 0 amide bonds. The molecular weight excluding hydrogens is 397 g/mol. The highest BCUT2D eigenvalue weighted by molar-refractivity contribution is 5.55. The van der Waals surface area contributed by atoms with Crippen molar-refractivity contribution in [1.82, 2.24) is 14.9 Å². The van der Waals surface area contributed by atoms with Crippen LogP contribution in [0.2, 0.25) is 0 Å². The molecule has 3 aromatic rings. The summed E-state index contributed by atoms with van der Waals surface area (Å²) in [5, 5.41) is 10.4. The van der Waals surface area contributed by atoms with Crippen LogP contribution < -0.4 is 9.47 Å². The maximum Gasteiger partial charge on any atom is 0.163 e. The summed E-state index contributed by atoms with van der Waals surface area (Å²) in [6.07, 6.45) is 3.21. The summed E-state index contributed by atoms with van der Waals surface area (Å²) in [4.78, 5) is 11.2. The number of aliphatic hydroxyl groups excluding tert-OH is 1. The molecule has 0 unspecified atom stereocenters. The van der Waals surface area contributed by atoms with Gasteiger partial charge in [-0.25, -0.2) is 14.4 Å². The van der Waals surface area contributed by atoms with Crippen LogP contribution >= 0.6 is 0 Å². The maximum absolute atomic E-state index is 13.4. The molecule has 7 heteroatoms. The average Bonchev–Trinajstić information content (AvgIpc) is 2.77. The lowest BCUT2D eigenvalue weighted by Crippen LogP contribution is -2.49. The Labute approximate surface area is 181 Å². The van der Waals surface area contributed by atoms with Gasteiger partial charge >= 0.3 is 0 Å². The number of benzene rings is 2. The van der Waals surface area contributed by atoms with E-state index < -0.39 is 18.0 Å². The summed E-state index contributed by atoms with van der Waals surface area (Å²) in [5.74, 6) is 1.03. The first-order valence-electron chi connectivity index (χ1n) is 10.3. The van der Waals surface area contributed by atoms with Gasteiger partial charge in [-0.05, 0) is 31.5 Å². The number of methoxy groups -OCH3 is 1. The first-order chi connectivity index (χ1) is 15.0. The Morgan fingerprint density at radius 2 is 1.94 bits per heavy atom. The van der Waals surface area contributed by atoms with Crippen molar-refractivity contribution in [3.63, 3.8) is 0 Å². The summed E-state index contributed by atoms with van der Waals surface area (Å²) in [6.45, 7) is 3.96. The maximum atomic E-state index is 13.4. The first kappa shape index (κ1) is 21.2. The van der Waals surface area contributed by atoms with Crippen molar-refractivity contribution in [2.45, 2.75) is 32.1 Å². The highest BCUT2D eigenvalue weighted by atomic mass is 19.1. The second-order valence-corrected chi connectivity index (χ2v) is 7.83. The molecule has 1 aliphatic rings. The molecule has 2 atom stereocenters. The minimum atomic E-state index is -0.606. The monoisotopic (exact) mass is 423 g/mol. The lowest BCUT2D eigenvalue weighted by molar-refractivity contribution is -0.0277. The van der Waals surface area contributed by atoms with Gasteiger partial charge in [-0.3, -0.25) is 4.90 Å². The minimum Gasteiger partial charge on any atom is -0.493 e. The summed E-state index contributed by atoms with van der Waals surface area (Å²) < 4.78 is 24.6. The van der Waals surface area contributed by atoms with Gasteiger partial charge in [0, 0.05) is 49.2 Å². The molecule has 0 aliphatic carbocycles. The summed E-state index contributed by atoms with van der Waals surface area (Å²) in [7, 11) is 1.46. The first-order valence-corrected chi connectivity index (χ1v) is 10.3. The number of rotatable bonds is 6. The fourth-order valence-electron chi connectivity index (χ4n) is 3.76. The van der Waals surface area contributed by atoms with E-state index in [9.17, 15) is 9.50 Å². The third kappa shape index (κ3) is 5.18.